The first-order valence-corrected chi connectivity index (χ1v) is 2.32. The second kappa shape index (κ2) is 4.30. The molecule has 0 spiro atoms. The van der Waals surface area contributed by atoms with Crippen molar-refractivity contribution in [1.29, 1.82) is 0 Å². The van der Waals surface area contributed by atoms with E-state index < -0.39 is 5.95 Å². The van der Waals surface area contributed by atoms with Gasteiger partial charge in [0, 0.05) is 13.3 Å². The highest BCUT2D eigenvalue weighted by Crippen LogP contribution is 1.86. The summed E-state index contributed by atoms with van der Waals surface area (Å²) in [5.74, 6) is -0.428. The molecule has 1 N–H and O–H groups in total. The van der Waals surface area contributed by atoms with Gasteiger partial charge >= 0.3 is 0 Å². The van der Waals surface area contributed by atoms with E-state index in [1.54, 1.807) is 6.92 Å². The molecule has 0 rings (SSSR count). The van der Waals surface area contributed by atoms with Gasteiger partial charge in [0.05, 0.1) is 6.20 Å². The molecule has 0 aromatic rings. The van der Waals surface area contributed by atoms with Crippen LogP contribution < -0.4 is 5.32 Å². The summed E-state index contributed by atoms with van der Waals surface area (Å²) in [6, 6.07) is 0. The molecule has 0 aromatic carbocycles. The van der Waals surface area contributed by atoms with E-state index in [1.807, 2.05) is 0 Å². The topological polar surface area (TPSA) is 24.4 Å². The third-order valence-corrected chi connectivity index (χ3v) is 0.576. The number of halogens is 1. The first-order chi connectivity index (χ1) is 3.81. The minimum absolute atomic E-state index is 0.428. The third kappa shape index (κ3) is 3.33. The predicted octanol–water partition coefficient (Wildman–Crippen LogP) is 1.06. The van der Waals surface area contributed by atoms with Gasteiger partial charge in [-0.15, -0.1) is 0 Å². The van der Waals surface area contributed by atoms with Gasteiger partial charge in [0.25, 0.3) is 0 Å². The molecule has 0 aliphatic heterocycles. The smallest absolute Gasteiger partial charge is 0.205 e. The number of aliphatic imine (C=N–C) groups is 1. The van der Waals surface area contributed by atoms with E-state index in [-0.39, 0.29) is 0 Å². The Morgan fingerprint density at radius 3 is 2.75 bits per heavy atom. The van der Waals surface area contributed by atoms with Gasteiger partial charge in [-0.2, -0.15) is 4.39 Å². The van der Waals surface area contributed by atoms with Gasteiger partial charge < -0.3 is 5.32 Å². The lowest BCUT2D eigenvalue weighted by molar-refractivity contribution is 0.571. The van der Waals surface area contributed by atoms with Crippen LogP contribution in [0.1, 0.15) is 6.92 Å². The summed E-state index contributed by atoms with van der Waals surface area (Å²) in [5, 5.41) is 2.28. The van der Waals surface area contributed by atoms with Gasteiger partial charge in [-0.3, -0.25) is 4.99 Å². The maximum absolute atomic E-state index is 12.0. The fourth-order valence-corrected chi connectivity index (χ4v) is 0.205. The zero-order chi connectivity index (χ0) is 6.41. The van der Waals surface area contributed by atoms with Crippen molar-refractivity contribution < 1.29 is 4.39 Å². The fraction of sp³-hybridized carbons (Fsp3) is 0.400. The molecule has 2 nitrogen and oxygen atoms in total. The van der Waals surface area contributed by atoms with E-state index in [0.717, 1.165) is 6.20 Å². The largest absolute Gasteiger partial charge is 0.364 e. The van der Waals surface area contributed by atoms with Crippen molar-refractivity contribution in [2.24, 2.45) is 4.99 Å². The Kier molecular flexibility index (Phi) is 3.84. The monoisotopic (exact) mass is 116 g/mol. The molecule has 0 unspecified atom stereocenters. The molecule has 3 heteroatoms. The van der Waals surface area contributed by atoms with Crippen molar-refractivity contribution in [3.63, 3.8) is 0 Å². The van der Waals surface area contributed by atoms with E-state index in [9.17, 15) is 4.39 Å². The molecule has 0 heterocycles. The summed E-state index contributed by atoms with van der Waals surface area (Å²) >= 11 is 0. The van der Waals surface area contributed by atoms with Gasteiger partial charge in [-0.1, -0.05) is 0 Å². The standard InChI is InChI=1S/C5H9FN2/c1-3-8-4-5(6)7-2/h3-4,7H,1-2H3/b5-4-,8-3-. The molecule has 0 atom stereocenters. The second-order valence-corrected chi connectivity index (χ2v) is 1.13. The van der Waals surface area contributed by atoms with Gasteiger partial charge in [0.15, 0.2) is 0 Å². The highest BCUT2D eigenvalue weighted by Gasteiger charge is 1.79. The zero-order valence-electron chi connectivity index (χ0n) is 4.98. The molecule has 0 aliphatic rings. The van der Waals surface area contributed by atoms with Crippen LogP contribution in [0.25, 0.3) is 0 Å². The number of hydrogen-bond acceptors (Lipinski definition) is 2. The summed E-state index contributed by atoms with van der Waals surface area (Å²) in [6.07, 6.45) is 2.62. The zero-order valence-corrected chi connectivity index (χ0v) is 4.98. The lowest BCUT2D eigenvalue weighted by Gasteiger charge is -1.87. The Bertz CT molecular complexity index is 107. The lowest BCUT2D eigenvalue weighted by atomic mass is 10.8. The molecule has 0 bridgehead atoms. The summed E-state index contributed by atoms with van der Waals surface area (Å²) < 4.78 is 12.0. The van der Waals surface area contributed by atoms with Gasteiger partial charge in [-0.05, 0) is 6.92 Å². The van der Waals surface area contributed by atoms with E-state index in [0.29, 0.717) is 0 Å². The average molecular weight is 116 g/mol. The third-order valence-electron chi connectivity index (χ3n) is 0.576. The van der Waals surface area contributed by atoms with Crippen LogP contribution in [0.2, 0.25) is 0 Å². The normalized spacial score (nSPS) is 12.6. The van der Waals surface area contributed by atoms with Crippen molar-refractivity contribution >= 4 is 6.21 Å². The fourth-order valence-electron chi connectivity index (χ4n) is 0.205. The van der Waals surface area contributed by atoms with Crippen molar-refractivity contribution in [2.75, 3.05) is 7.05 Å². The summed E-state index contributed by atoms with van der Waals surface area (Å²) in [5.41, 5.74) is 0. The van der Waals surface area contributed by atoms with Crippen LogP contribution in [-0.4, -0.2) is 13.3 Å². The molecule has 0 saturated heterocycles. The summed E-state index contributed by atoms with van der Waals surface area (Å²) in [4.78, 5) is 3.52. The van der Waals surface area contributed by atoms with Gasteiger partial charge in [-0.25, -0.2) is 0 Å². The Morgan fingerprint density at radius 1 is 1.75 bits per heavy atom. The van der Waals surface area contributed by atoms with E-state index >= 15 is 0 Å². The Morgan fingerprint density at radius 2 is 2.38 bits per heavy atom. The van der Waals surface area contributed by atoms with Crippen molar-refractivity contribution in [2.45, 2.75) is 6.92 Å². The van der Waals surface area contributed by atoms with E-state index in [4.69, 9.17) is 0 Å². The second-order valence-electron chi connectivity index (χ2n) is 1.13. The molecule has 8 heavy (non-hydrogen) atoms. The number of rotatable bonds is 2. The molecule has 0 saturated carbocycles. The first-order valence-electron chi connectivity index (χ1n) is 2.32. The SMILES string of the molecule is C/C=N\C=C(\F)NC. The summed E-state index contributed by atoms with van der Waals surface area (Å²) in [6.45, 7) is 1.72. The van der Waals surface area contributed by atoms with Gasteiger partial charge in [0.2, 0.25) is 5.95 Å². The predicted molar refractivity (Wildman–Crippen MR) is 32.4 cm³/mol. The Hall–Kier alpha value is -0.860. The van der Waals surface area contributed by atoms with Crippen LogP contribution in [0.15, 0.2) is 17.1 Å². The summed E-state index contributed by atoms with van der Waals surface area (Å²) in [7, 11) is 1.50. The maximum atomic E-state index is 12.0. The minimum Gasteiger partial charge on any atom is -0.364 e. The number of hydrogen-bond donors (Lipinski definition) is 1. The highest BCUT2D eigenvalue weighted by atomic mass is 19.1. The van der Waals surface area contributed by atoms with Crippen LogP contribution in [0.3, 0.4) is 0 Å². The molecule has 0 aromatic heterocycles. The van der Waals surface area contributed by atoms with Gasteiger partial charge in [0.1, 0.15) is 0 Å². The average Bonchev–Trinajstić information content (AvgIpc) is 1.83. The molecule has 46 valence electrons. The molecule has 0 aliphatic carbocycles. The van der Waals surface area contributed by atoms with E-state index in [2.05, 4.69) is 10.3 Å². The molecule has 0 fully saturated rings. The maximum Gasteiger partial charge on any atom is 0.205 e. The van der Waals surface area contributed by atoms with Crippen LogP contribution in [0.4, 0.5) is 4.39 Å². The molecule has 0 radical (unpaired) electrons. The molecular weight excluding hydrogens is 107 g/mol. The first kappa shape index (κ1) is 7.14. The van der Waals surface area contributed by atoms with Crippen LogP contribution in [-0.2, 0) is 0 Å². The number of nitrogens with zero attached hydrogens (tertiary/aromatic N) is 1. The van der Waals surface area contributed by atoms with Crippen molar-refractivity contribution in [3.05, 3.63) is 12.2 Å². The quantitative estimate of drug-likeness (QED) is 0.423. The lowest BCUT2D eigenvalue weighted by Crippen LogP contribution is -1.98. The van der Waals surface area contributed by atoms with Crippen LogP contribution in [0, 0.1) is 0 Å². The van der Waals surface area contributed by atoms with Crippen LogP contribution >= 0.6 is 0 Å². The molecular formula is C5H9FN2. The van der Waals surface area contributed by atoms with E-state index in [1.165, 1.54) is 13.3 Å². The number of nitrogens with one attached hydrogen (secondary N) is 1. The van der Waals surface area contributed by atoms with Crippen molar-refractivity contribution in [3.8, 4) is 0 Å². The Labute approximate surface area is 48.1 Å². The highest BCUT2D eigenvalue weighted by molar-refractivity contribution is 5.54. The van der Waals surface area contributed by atoms with Crippen LogP contribution in [0.5, 0.6) is 0 Å². The Balaban J connectivity index is 3.57. The molecule has 0 amide bonds. The van der Waals surface area contributed by atoms with Crippen molar-refractivity contribution in [1.82, 2.24) is 5.32 Å². The minimum atomic E-state index is -0.428.